The minimum Gasteiger partial charge on any atom is -0.497 e. The molecule has 0 amide bonds. The molecule has 0 spiro atoms. The third-order valence-corrected chi connectivity index (χ3v) is 3.02. The molecule has 0 bridgehead atoms. The summed E-state index contributed by atoms with van der Waals surface area (Å²) in [6.45, 7) is 0. The molecule has 0 radical (unpaired) electrons. The summed E-state index contributed by atoms with van der Waals surface area (Å²) in [5.74, 6) is 0.901. The van der Waals surface area contributed by atoms with E-state index < -0.39 is 5.97 Å². The molecular formula is C15H22O4. The minimum atomic E-state index is -0.711. The van der Waals surface area contributed by atoms with Crippen LogP contribution in [0.1, 0.15) is 37.7 Å². The average Bonchev–Trinajstić information content (AvgIpc) is 2.41. The van der Waals surface area contributed by atoms with Gasteiger partial charge in [-0.15, -0.1) is 0 Å². The molecule has 0 saturated carbocycles. The van der Waals surface area contributed by atoms with Crippen LogP contribution in [0.4, 0.5) is 0 Å². The van der Waals surface area contributed by atoms with E-state index in [-0.39, 0.29) is 6.42 Å². The Morgan fingerprint density at radius 3 is 2.11 bits per heavy atom. The molecule has 0 atom stereocenters. The van der Waals surface area contributed by atoms with Crippen LogP contribution in [-0.4, -0.2) is 25.3 Å². The van der Waals surface area contributed by atoms with E-state index >= 15 is 0 Å². The third kappa shape index (κ3) is 6.13. The Balaban J connectivity index is 2.34. The number of methoxy groups -OCH3 is 2. The first-order chi connectivity index (χ1) is 9.15. The second-order valence-corrected chi connectivity index (χ2v) is 4.53. The molecule has 1 aromatic rings. The zero-order valence-corrected chi connectivity index (χ0v) is 11.6. The number of benzene rings is 1. The van der Waals surface area contributed by atoms with Gasteiger partial charge in [0.25, 0.3) is 0 Å². The summed E-state index contributed by atoms with van der Waals surface area (Å²) in [5.41, 5.74) is 1.19. The van der Waals surface area contributed by atoms with Crippen molar-refractivity contribution >= 4 is 5.97 Å². The monoisotopic (exact) mass is 266 g/mol. The molecule has 4 nitrogen and oxygen atoms in total. The standard InChI is InChI=1S/C15H22O4/c1-18-13-9-12(10-14(11-13)19-2)7-5-3-4-6-8-15(16)17/h9-11H,3-8H2,1-2H3,(H,16,17). The van der Waals surface area contributed by atoms with Gasteiger partial charge in [0.05, 0.1) is 14.2 Å². The summed E-state index contributed by atoms with van der Waals surface area (Å²) < 4.78 is 10.4. The molecule has 19 heavy (non-hydrogen) atoms. The van der Waals surface area contributed by atoms with Crippen molar-refractivity contribution in [3.8, 4) is 11.5 Å². The number of carboxylic acids is 1. The Morgan fingerprint density at radius 2 is 1.58 bits per heavy atom. The maximum atomic E-state index is 10.4. The zero-order valence-electron chi connectivity index (χ0n) is 11.6. The molecule has 1 N–H and O–H groups in total. The van der Waals surface area contributed by atoms with Gasteiger partial charge in [0.2, 0.25) is 0 Å². The highest BCUT2D eigenvalue weighted by atomic mass is 16.5. The maximum Gasteiger partial charge on any atom is 0.303 e. The van der Waals surface area contributed by atoms with Crippen molar-refractivity contribution in [3.63, 3.8) is 0 Å². The predicted molar refractivity (Wildman–Crippen MR) is 74.0 cm³/mol. The average molecular weight is 266 g/mol. The van der Waals surface area contributed by atoms with Crippen molar-refractivity contribution in [2.75, 3.05) is 14.2 Å². The highest BCUT2D eigenvalue weighted by Gasteiger charge is 2.02. The summed E-state index contributed by atoms with van der Waals surface area (Å²) in [6.07, 6.45) is 5.06. The van der Waals surface area contributed by atoms with Crippen molar-refractivity contribution in [1.82, 2.24) is 0 Å². The zero-order chi connectivity index (χ0) is 14.1. The number of aliphatic carboxylic acids is 1. The second kappa shape index (κ2) is 8.40. The minimum absolute atomic E-state index is 0.271. The molecule has 1 rings (SSSR count). The maximum absolute atomic E-state index is 10.4. The fourth-order valence-corrected chi connectivity index (χ4v) is 1.97. The lowest BCUT2D eigenvalue weighted by molar-refractivity contribution is -0.137. The van der Waals surface area contributed by atoms with Crippen LogP contribution in [0.5, 0.6) is 11.5 Å². The van der Waals surface area contributed by atoms with E-state index in [0.29, 0.717) is 0 Å². The SMILES string of the molecule is COc1cc(CCCCCCC(=O)O)cc(OC)c1. The molecule has 0 aliphatic heterocycles. The summed E-state index contributed by atoms with van der Waals surface area (Å²) in [7, 11) is 3.29. The van der Waals surface area contributed by atoms with Crippen LogP contribution < -0.4 is 9.47 Å². The Morgan fingerprint density at radius 1 is 1.00 bits per heavy atom. The van der Waals surface area contributed by atoms with Gasteiger partial charge in [0, 0.05) is 12.5 Å². The summed E-state index contributed by atoms with van der Waals surface area (Å²) in [5, 5.41) is 8.54. The molecular weight excluding hydrogens is 244 g/mol. The normalized spacial score (nSPS) is 10.2. The topological polar surface area (TPSA) is 55.8 Å². The van der Waals surface area contributed by atoms with Gasteiger partial charge in [-0.3, -0.25) is 4.79 Å². The van der Waals surface area contributed by atoms with Crippen LogP contribution in [0.25, 0.3) is 0 Å². The van der Waals surface area contributed by atoms with Crippen LogP contribution in [0.2, 0.25) is 0 Å². The van der Waals surface area contributed by atoms with E-state index in [4.69, 9.17) is 14.6 Å². The van der Waals surface area contributed by atoms with Gasteiger partial charge < -0.3 is 14.6 Å². The number of rotatable bonds is 9. The number of aryl methyl sites for hydroxylation is 1. The van der Waals surface area contributed by atoms with Crippen molar-refractivity contribution in [2.24, 2.45) is 0 Å². The lowest BCUT2D eigenvalue weighted by Gasteiger charge is -2.08. The van der Waals surface area contributed by atoms with E-state index in [1.807, 2.05) is 18.2 Å². The van der Waals surface area contributed by atoms with Crippen LogP contribution in [0, 0.1) is 0 Å². The van der Waals surface area contributed by atoms with Crippen LogP contribution in [0.3, 0.4) is 0 Å². The smallest absolute Gasteiger partial charge is 0.303 e. The largest absolute Gasteiger partial charge is 0.497 e. The number of hydrogen-bond acceptors (Lipinski definition) is 3. The van der Waals surface area contributed by atoms with Crippen LogP contribution >= 0.6 is 0 Å². The fraction of sp³-hybridized carbons (Fsp3) is 0.533. The number of carboxylic acid groups (broad SMARTS) is 1. The lowest BCUT2D eigenvalue weighted by Crippen LogP contribution is -1.94. The van der Waals surface area contributed by atoms with E-state index in [9.17, 15) is 4.79 Å². The molecule has 0 heterocycles. The van der Waals surface area contributed by atoms with Gasteiger partial charge in [-0.1, -0.05) is 12.8 Å². The lowest BCUT2D eigenvalue weighted by atomic mass is 10.0. The van der Waals surface area contributed by atoms with Crippen molar-refractivity contribution in [1.29, 1.82) is 0 Å². The van der Waals surface area contributed by atoms with Gasteiger partial charge in [-0.2, -0.15) is 0 Å². The molecule has 0 aliphatic rings. The number of ether oxygens (including phenoxy) is 2. The van der Waals surface area contributed by atoms with Gasteiger partial charge in [0.15, 0.2) is 0 Å². The third-order valence-electron chi connectivity index (χ3n) is 3.02. The Kier molecular flexibility index (Phi) is 6.79. The van der Waals surface area contributed by atoms with Gasteiger partial charge in [-0.05, 0) is 37.0 Å². The first-order valence-electron chi connectivity index (χ1n) is 6.59. The Bertz CT molecular complexity index is 379. The first kappa shape index (κ1) is 15.3. The van der Waals surface area contributed by atoms with Crippen molar-refractivity contribution in [2.45, 2.75) is 38.5 Å². The molecule has 0 unspecified atom stereocenters. The molecule has 0 saturated heterocycles. The van der Waals surface area contributed by atoms with Gasteiger partial charge in [-0.25, -0.2) is 0 Å². The van der Waals surface area contributed by atoms with E-state index in [1.165, 1.54) is 5.56 Å². The van der Waals surface area contributed by atoms with E-state index in [0.717, 1.165) is 43.6 Å². The Labute approximate surface area is 114 Å². The summed E-state index contributed by atoms with van der Waals surface area (Å²) in [4.78, 5) is 10.4. The predicted octanol–water partition coefficient (Wildman–Crippen LogP) is 3.28. The summed E-state index contributed by atoms with van der Waals surface area (Å²) >= 11 is 0. The highest BCUT2D eigenvalue weighted by molar-refractivity contribution is 5.66. The molecule has 1 aromatic carbocycles. The van der Waals surface area contributed by atoms with Crippen molar-refractivity contribution < 1.29 is 19.4 Å². The number of unbranched alkanes of at least 4 members (excludes halogenated alkanes) is 3. The quantitative estimate of drug-likeness (QED) is 0.697. The van der Waals surface area contributed by atoms with Gasteiger partial charge >= 0.3 is 5.97 Å². The second-order valence-electron chi connectivity index (χ2n) is 4.53. The molecule has 4 heteroatoms. The highest BCUT2D eigenvalue weighted by Crippen LogP contribution is 2.23. The Hall–Kier alpha value is -1.71. The van der Waals surface area contributed by atoms with E-state index in [1.54, 1.807) is 14.2 Å². The molecule has 0 aromatic heterocycles. The number of carbonyl (C=O) groups is 1. The molecule has 0 aliphatic carbocycles. The summed E-state index contributed by atoms with van der Waals surface area (Å²) in [6, 6.07) is 5.88. The molecule has 0 fully saturated rings. The van der Waals surface area contributed by atoms with Gasteiger partial charge in [0.1, 0.15) is 11.5 Å². The van der Waals surface area contributed by atoms with E-state index in [2.05, 4.69) is 0 Å². The molecule has 106 valence electrons. The van der Waals surface area contributed by atoms with Crippen molar-refractivity contribution in [3.05, 3.63) is 23.8 Å². The fourth-order valence-electron chi connectivity index (χ4n) is 1.97. The first-order valence-corrected chi connectivity index (χ1v) is 6.59. The van der Waals surface area contributed by atoms with Crippen LogP contribution in [0.15, 0.2) is 18.2 Å². The van der Waals surface area contributed by atoms with Crippen LogP contribution in [-0.2, 0) is 11.2 Å². The number of hydrogen-bond donors (Lipinski definition) is 1.